The van der Waals surface area contributed by atoms with Crippen molar-refractivity contribution >= 4 is 11.8 Å². The number of rotatable bonds is 0. The van der Waals surface area contributed by atoms with Gasteiger partial charge in [0.2, 0.25) is 0 Å². The minimum Gasteiger partial charge on any atom is -0.436 e. The smallest absolute Gasteiger partial charge is 0.412 e. The molecule has 3 rings (SSSR count). The van der Waals surface area contributed by atoms with Crippen molar-refractivity contribution in [2.45, 2.75) is 18.4 Å². The van der Waals surface area contributed by atoms with E-state index in [4.69, 9.17) is 4.74 Å². The van der Waals surface area contributed by atoms with Crippen molar-refractivity contribution < 1.29 is 9.53 Å². The summed E-state index contributed by atoms with van der Waals surface area (Å²) in [6.45, 7) is 1.84. The van der Waals surface area contributed by atoms with Crippen LogP contribution in [0.25, 0.3) is 0 Å². The third kappa shape index (κ3) is 1.67. The van der Waals surface area contributed by atoms with Crippen LogP contribution in [-0.2, 0) is 10.3 Å². The monoisotopic (exact) mass is 233 g/mol. The van der Waals surface area contributed by atoms with Gasteiger partial charge in [-0.2, -0.15) is 0 Å². The number of carbonyl (C=O) groups is 1. The fraction of sp³-hybridized carbons (Fsp3) is 0.500. The molecule has 90 valence electrons. The van der Waals surface area contributed by atoms with Crippen molar-refractivity contribution in [2.24, 2.45) is 0 Å². The van der Waals surface area contributed by atoms with Crippen molar-refractivity contribution in [1.82, 2.24) is 9.88 Å². The van der Waals surface area contributed by atoms with Crippen molar-refractivity contribution in [3.63, 3.8) is 0 Å². The Morgan fingerprint density at radius 3 is 3.00 bits per heavy atom. The fourth-order valence-corrected chi connectivity index (χ4v) is 2.55. The second-order valence-corrected chi connectivity index (χ2v) is 4.71. The van der Waals surface area contributed by atoms with Gasteiger partial charge in [-0.1, -0.05) is 0 Å². The first kappa shape index (κ1) is 10.5. The highest BCUT2D eigenvalue weighted by Gasteiger charge is 2.45. The number of amides is 1. The van der Waals surface area contributed by atoms with E-state index in [-0.39, 0.29) is 6.09 Å². The molecule has 1 aromatic rings. The van der Waals surface area contributed by atoms with Gasteiger partial charge in [0.1, 0.15) is 5.69 Å². The second-order valence-electron chi connectivity index (χ2n) is 4.71. The van der Waals surface area contributed by atoms with Gasteiger partial charge in [0.05, 0.1) is 5.69 Å². The number of ether oxygens (including phenoxy) is 1. The number of nitrogens with one attached hydrogen (secondary N) is 1. The van der Waals surface area contributed by atoms with E-state index < -0.39 is 5.60 Å². The van der Waals surface area contributed by atoms with Crippen molar-refractivity contribution in [2.75, 3.05) is 25.5 Å². The molecule has 1 saturated heterocycles. The molecule has 0 aliphatic carbocycles. The van der Waals surface area contributed by atoms with E-state index in [0.717, 1.165) is 37.3 Å². The number of hydrogen-bond donors (Lipinski definition) is 1. The van der Waals surface area contributed by atoms with Gasteiger partial charge in [-0.25, -0.2) is 4.79 Å². The minimum absolute atomic E-state index is 0.366. The molecule has 5 nitrogen and oxygen atoms in total. The summed E-state index contributed by atoms with van der Waals surface area (Å²) in [5.74, 6) is 0. The van der Waals surface area contributed by atoms with E-state index in [1.807, 2.05) is 12.1 Å². The summed E-state index contributed by atoms with van der Waals surface area (Å²) in [6, 6.07) is 3.70. The predicted octanol–water partition coefficient (Wildman–Crippen LogP) is 1.56. The molecule has 2 aliphatic rings. The normalized spacial score (nSPS) is 22.8. The molecule has 0 aromatic carbocycles. The van der Waals surface area contributed by atoms with Gasteiger partial charge in [0.25, 0.3) is 0 Å². The molecule has 0 saturated carbocycles. The lowest BCUT2D eigenvalue weighted by atomic mass is 9.86. The molecular weight excluding hydrogens is 218 g/mol. The maximum absolute atomic E-state index is 11.6. The van der Waals surface area contributed by atoms with E-state index >= 15 is 0 Å². The van der Waals surface area contributed by atoms with E-state index in [2.05, 4.69) is 22.2 Å². The van der Waals surface area contributed by atoms with Gasteiger partial charge in [-0.15, -0.1) is 0 Å². The molecule has 0 unspecified atom stereocenters. The van der Waals surface area contributed by atoms with Crippen LogP contribution >= 0.6 is 0 Å². The number of nitrogens with zero attached hydrogens (tertiary/aromatic N) is 2. The van der Waals surface area contributed by atoms with Gasteiger partial charge >= 0.3 is 6.09 Å². The Bertz CT molecular complexity index is 453. The first-order valence-corrected chi connectivity index (χ1v) is 5.84. The van der Waals surface area contributed by atoms with Crippen LogP contribution in [0.1, 0.15) is 18.5 Å². The van der Waals surface area contributed by atoms with Crippen LogP contribution in [0.3, 0.4) is 0 Å². The SMILES string of the molecule is CN1CCC2(CC1)OC(=O)Nc1cccnc12. The van der Waals surface area contributed by atoms with Gasteiger partial charge in [0.15, 0.2) is 5.60 Å². The average Bonchev–Trinajstić information content (AvgIpc) is 2.33. The molecule has 1 amide bonds. The largest absolute Gasteiger partial charge is 0.436 e. The number of hydrogen-bond acceptors (Lipinski definition) is 4. The molecule has 17 heavy (non-hydrogen) atoms. The highest BCUT2D eigenvalue weighted by atomic mass is 16.6. The van der Waals surface area contributed by atoms with E-state index in [1.165, 1.54) is 0 Å². The number of likely N-dealkylation sites (tertiary alicyclic amines) is 1. The van der Waals surface area contributed by atoms with Crippen LogP contribution in [0, 0.1) is 0 Å². The topological polar surface area (TPSA) is 54.5 Å². The standard InChI is InChI=1S/C12H15N3O2/c1-15-7-4-12(5-8-15)10-9(3-2-6-13-10)14-11(16)17-12/h2-3,6H,4-5,7-8H2,1H3,(H,14,16). The first-order chi connectivity index (χ1) is 8.20. The molecule has 5 heteroatoms. The Morgan fingerprint density at radius 2 is 2.24 bits per heavy atom. The van der Waals surface area contributed by atoms with Crippen molar-refractivity contribution in [3.05, 3.63) is 24.0 Å². The highest BCUT2D eigenvalue weighted by molar-refractivity contribution is 5.88. The summed E-state index contributed by atoms with van der Waals surface area (Å²) in [6.07, 6.45) is 3.00. The number of anilines is 1. The molecule has 1 aromatic heterocycles. The third-order valence-corrected chi connectivity index (χ3v) is 3.56. The van der Waals surface area contributed by atoms with Gasteiger partial charge < -0.3 is 9.64 Å². The molecule has 0 atom stereocenters. The molecule has 2 aliphatic heterocycles. The molecule has 1 fully saturated rings. The van der Waals surface area contributed by atoms with Gasteiger partial charge in [0, 0.05) is 32.1 Å². The summed E-state index contributed by atoms with van der Waals surface area (Å²) in [4.78, 5) is 18.2. The van der Waals surface area contributed by atoms with E-state index in [0.29, 0.717) is 0 Å². The molecule has 0 radical (unpaired) electrons. The van der Waals surface area contributed by atoms with Crippen molar-refractivity contribution in [3.8, 4) is 0 Å². The van der Waals surface area contributed by atoms with Crippen LogP contribution in [-0.4, -0.2) is 36.1 Å². The first-order valence-electron chi connectivity index (χ1n) is 5.84. The number of fused-ring (bicyclic) bond motifs is 2. The van der Waals surface area contributed by atoms with Crippen LogP contribution < -0.4 is 5.32 Å². The van der Waals surface area contributed by atoms with E-state index in [9.17, 15) is 4.79 Å². The van der Waals surface area contributed by atoms with Crippen molar-refractivity contribution in [1.29, 1.82) is 0 Å². The molecule has 1 spiro atoms. The Labute approximate surface area is 99.8 Å². The summed E-state index contributed by atoms with van der Waals surface area (Å²) in [7, 11) is 2.08. The van der Waals surface area contributed by atoms with Crippen LogP contribution in [0.5, 0.6) is 0 Å². The summed E-state index contributed by atoms with van der Waals surface area (Å²) in [5.41, 5.74) is 1.13. The van der Waals surface area contributed by atoms with Crippen LogP contribution in [0.2, 0.25) is 0 Å². The Hall–Kier alpha value is -1.62. The number of piperidine rings is 1. The summed E-state index contributed by atoms with van der Waals surface area (Å²) in [5, 5.41) is 2.71. The molecule has 0 bridgehead atoms. The Morgan fingerprint density at radius 1 is 1.47 bits per heavy atom. The van der Waals surface area contributed by atoms with Gasteiger partial charge in [-0.3, -0.25) is 10.3 Å². The third-order valence-electron chi connectivity index (χ3n) is 3.56. The lowest BCUT2D eigenvalue weighted by Crippen LogP contribution is -2.47. The fourth-order valence-electron chi connectivity index (χ4n) is 2.55. The summed E-state index contributed by atoms with van der Waals surface area (Å²) < 4.78 is 5.55. The second kappa shape index (κ2) is 3.70. The van der Waals surface area contributed by atoms with Crippen LogP contribution in [0.4, 0.5) is 10.5 Å². The number of aromatic nitrogens is 1. The maximum atomic E-state index is 11.6. The average molecular weight is 233 g/mol. The maximum Gasteiger partial charge on any atom is 0.412 e. The number of carbonyl (C=O) groups excluding carboxylic acids is 1. The highest BCUT2D eigenvalue weighted by Crippen LogP contribution is 2.41. The zero-order valence-corrected chi connectivity index (χ0v) is 9.77. The van der Waals surface area contributed by atoms with Gasteiger partial charge in [-0.05, 0) is 19.2 Å². The predicted molar refractivity (Wildman–Crippen MR) is 62.7 cm³/mol. The Balaban J connectivity index is 2.02. The van der Waals surface area contributed by atoms with E-state index in [1.54, 1.807) is 6.20 Å². The lowest BCUT2D eigenvalue weighted by molar-refractivity contribution is -0.0365. The minimum atomic E-state index is -0.522. The lowest BCUT2D eigenvalue weighted by Gasteiger charge is -2.42. The summed E-state index contributed by atoms with van der Waals surface area (Å²) >= 11 is 0. The number of pyridine rings is 1. The molecule has 1 N–H and O–H groups in total. The zero-order valence-electron chi connectivity index (χ0n) is 9.77. The quantitative estimate of drug-likeness (QED) is 0.739. The Kier molecular flexibility index (Phi) is 2.29. The molecule has 3 heterocycles. The molecular formula is C12H15N3O2. The zero-order chi connectivity index (χ0) is 11.9. The van der Waals surface area contributed by atoms with Crippen LogP contribution in [0.15, 0.2) is 18.3 Å².